The number of imidazole rings is 1. The van der Waals surface area contributed by atoms with Gasteiger partial charge in [-0.3, -0.25) is 0 Å². The number of nitrogens with one attached hydrogen (secondary N) is 1. The summed E-state index contributed by atoms with van der Waals surface area (Å²) < 4.78 is 21.7. The van der Waals surface area contributed by atoms with Crippen LogP contribution in [0.4, 0.5) is 15.0 Å². The Labute approximate surface area is 217 Å². The lowest BCUT2D eigenvalue weighted by Crippen LogP contribution is -2.37. The number of nitrogens with two attached hydrogens (primary N) is 1. The fourth-order valence-corrected chi connectivity index (χ4v) is 4.34. The van der Waals surface area contributed by atoms with Crippen molar-refractivity contribution in [2.24, 2.45) is 7.05 Å². The molecule has 1 amide bonds. The van der Waals surface area contributed by atoms with Crippen molar-refractivity contribution < 1.29 is 13.9 Å². The van der Waals surface area contributed by atoms with Crippen molar-refractivity contribution in [1.29, 1.82) is 0 Å². The predicted octanol–water partition coefficient (Wildman–Crippen LogP) is 5.52. The van der Waals surface area contributed by atoms with Crippen LogP contribution in [0.2, 0.25) is 0 Å². The number of alkyl carbamates (subject to hydrolysis) is 1. The Morgan fingerprint density at radius 2 is 1.92 bits per heavy atom. The van der Waals surface area contributed by atoms with Crippen LogP contribution in [-0.4, -0.2) is 37.4 Å². The van der Waals surface area contributed by atoms with Crippen molar-refractivity contribution in [2.45, 2.75) is 45.0 Å². The first kappa shape index (κ1) is 25.6. The molecular formula is C26H28BrFN6O2. The van der Waals surface area contributed by atoms with Crippen LogP contribution in [0.15, 0.2) is 59.3 Å². The normalized spacial score (nSPS) is 16.7. The zero-order valence-corrected chi connectivity index (χ0v) is 22.1. The lowest BCUT2D eigenvalue weighted by molar-refractivity contribution is 0.0479. The molecule has 1 aromatic carbocycles. The van der Waals surface area contributed by atoms with Gasteiger partial charge in [-0.2, -0.15) is 0 Å². The maximum absolute atomic E-state index is 13.9. The number of benzene rings is 1. The number of rotatable bonds is 2. The Kier molecular flexibility index (Phi) is 7.26. The summed E-state index contributed by atoms with van der Waals surface area (Å²) in [7, 11) is 1.91. The standard InChI is InChI=1S/C14H18FNO2.C12H10BrN5/c1-14(2,3)18-13(17)16-12-10-7-5-4-6-9(10)8-11(12)15;1-18-11(7-3-2-6-15-10(7)14)16-8-4-5-9(13)17-12(8)18/h4-7,11-12H,8H2,1-3H3,(H,16,17);2-6H,1H3,(H2,14,15). The molecule has 2 unspecified atom stereocenters. The molecule has 4 aromatic rings. The molecule has 0 saturated carbocycles. The summed E-state index contributed by atoms with van der Waals surface area (Å²) in [4.78, 5) is 24.7. The molecule has 8 nitrogen and oxygen atoms in total. The van der Waals surface area contributed by atoms with Gasteiger partial charge in [0.1, 0.15) is 33.5 Å². The molecule has 0 fully saturated rings. The van der Waals surface area contributed by atoms with E-state index in [-0.39, 0.29) is 0 Å². The molecule has 36 heavy (non-hydrogen) atoms. The van der Waals surface area contributed by atoms with Crippen LogP contribution >= 0.6 is 15.9 Å². The Morgan fingerprint density at radius 1 is 1.17 bits per heavy atom. The summed E-state index contributed by atoms with van der Waals surface area (Å²) in [6.45, 7) is 5.34. The molecule has 5 rings (SSSR count). The fraction of sp³-hybridized carbons (Fsp3) is 0.308. The number of nitrogen functional groups attached to an aromatic ring is 1. The molecule has 3 N–H and O–H groups in total. The van der Waals surface area contributed by atoms with Crippen LogP contribution in [0.25, 0.3) is 22.6 Å². The van der Waals surface area contributed by atoms with E-state index in [0.29, 0.717) is 12.2 Å². The highest BCUT2D eigenvalue weighted by Gasteiger charge is 2.34. The quantitative estimate of drug-likeness (QED) is 0.316. The van der Waals surface area contributed by atoms with Crippen molar-refractivity contribution in [3.05, 3.63) is 70.5 Å². The average Bonchev–Trinajstić information content (AvgIpc) is 3.30. The van der Waals surface area contributed by atoms with E-state index in [1.807, 2.05) is 60.1 Å². The number of carbonyl (C=O) groups is 1. The van der Waals surface area contributed by atoms with Gasteiger partial charge in [0.25, 0.3) is 0 Å². The van der Waals surface area contributed by atoms with Gasteiger partial charge in [-0.25, -0.2) is 24.1 Å². The number of amides is 1. The smallest absolute Gasteiger partial charge is 0.408 e. The van der Waals surface area contributed by atoms with E-state index in [9.17, 15) is 9.18 Å². The number of anilines is 1. The van der Waals surface area contributed by atoms with E-state index in [0.717, 1.165) is 38.3 Å². The summed E-state index contributed by atoms with van der Waals surface area (Å²) >= 11 is 3.36. The summed E-state index contributed by atoms with van der Waals surface area (Å²) in [5, 5.41) is 2.61. The number of hydrogen-bond acceptors (Lipinski definition) is 6. The zero-order chi connectivity index (χ0) is 26.0. The number of aromatic nitrogens is 4. The van der Waals surface area contributed by atoms with Gasteiger partial charge in [-0.15, -0.1) is 0 Å². The minimum atomic E-state index is -1.09. The minimum absolute atomic E-state index is 0.344. The monoisotopic (exact) mass is 554 g/mol. The summed E-state index contributed by atoms with van der Waals surface area (Å²) in [6, 6.07) is 14.4. The fourth-order valence-electron chi connectivity index (χ4n) is 4.04. The van der Waals surface area contributed by atoms with Gasteiger partial charge in [-0.05, 0) is 72.1 Å². The number of alkyl halides is 1. The van der Waals surface area contributed by atoms with Gasteiger partial charge in [0.2, 0.25) is 0 Å². The lowest BCUT2D eigenvalue weighted by atomic mass is 10.1. The number of carbonyl (C=O) groups excluding carboxylic acids is 1. The van der Waals surface area contributed by atoms with Crippen molar-refractivity contribution in [3.63, 3.8) is 0 Å². The van der Waals surface area contributed by atoms with Crippen LogP contribution in [0.5, 0.6) is 0 Å². The second kappa shape index (κ2) is 10.2. The van der Waals surface area contributed by atoms with Gasteiger partial charge < -0.3 is 20.4 Å². The minimum Gasteiger partial charge on any atom is -0.444 e. The maximum atomic E-state index is 13.9. The van der Waals surface area contributed by atoms with Gasteiger partial charge in [0.15, 0.2) is 5.65 Å². The third kappa shape index (κ3) is 5.64. The van der Waals surface area contributed by atoms with E-state index < -0.39 is 23.9 Å². The first-order valence-corrected chi connectivity index (χ1v) is 12.2. The molecule has 188 valence electrons. The third-order valence-corrected chi connectivity index (χ3v) is 6.04. The molecule has 1 aliphatic rings. The van der Waals surface area contributed by atoms with E-state index >= 15 is 0 Å². The van der Waals surface area contributed by atoms with Crippen LogP contribution in [0, 0.1) is 0 Å². The largest absolute Gasteiger partial charge is 0.444 e. The third-order valence-electron chi connectivity index (χ3n) is 5.60. The maximum Gasteiger partial charge on any atom is 0.408 e. The Morgan fingerprint density at radius 3 is 2.64 bits per heavy atom. The first-order chi connectivity index (χ1) is 17.0. The molecule has 0 radical (unpaired) electrons. The van der Waals surface area contributed by atoms with E-state index in [1.165, 1.54) is 0 Å². The van der Waals surface area contributed by atoms with Gasteiger partial charge >= 0.3 is 6.09 Å². The zero-order valence-electron chi connectivity index (χ0n) is 20.5. The lowest BCUT2D eigenvalue weighted by Gasteiger charge is -2.23. The van der Waals surface area contributed by atoms with Crippen molar-refractivity contribution in [2.75, 3.05) is 5.73 Å². The first-order valence-electron chi connectivity index (χ1n) is 11.4. The highest BCUT2D eigenvalue weighted by molar-refractivity contribution is 9.10. The predicted molar refractivity (Wildman–Crippen MR) is 141 cm³/mol. The average molecular weight is 555 g/mol. The number of fused-ring (bicyclic) bond motifs is 2. The molecule has 0 saturated heterocycles. The van der Waals surface area contributed by atoms with E-state index in [4.69, 9.17) is 10.5 Å². The highest BCUT2D eigenvalue weighted by atomic mass is 79.9. The molecule has 0 bridgehead atoms. The Hall–Kier alpha value is -3.53. The summed E-state index contributed by atoms with van der Waals surface area (Å²) in [5.74, 6) is 1.23. The molecule has 2 atom stereocenters. The second-order valence-electron chi connectivity index (χ2n) is 9.45. The van der Waals surface area contributed by atoms with Gasteiger partial charge in [0.05, 0.1) is 11.6 Å². The summed E-state index contributed by atoms with van der Waals surface area (Å²) in [5.41, 5.74) is 9.55. The Bertz CT molecular complexity index is 1400. The molecule has 10 heteroatoms. The molecule has 1 aliphatic carbocycles. The molecule has 0 spiro atoms. The highest BCUT2D eigenvalue weighted by Crippen LogP contribution is 2.33. The van der Waals surface area contributed by atoms with Gasteiger partial charge in [-0.1, -0.05) is 24.3 Å². The molecule has 3 aromatic heterocycles. The van der Waals surface area contributed by atoms with E-state index in [2.05, 4.69) is 36.2 Å². The molecule has 0 aliphatic heterocycles. The SMILES string of the molecule is CC(C)(C)OC(=O)NC1c2ccccc2CC1F.Cn1c(-c2cccnc2N)nc2ccc(Br)nc21. The number of ether oxygens (including phenoxy) is 1. The van der Waals surface area contributed by atoms with Crippen molar-refractivity contribution in [1.82, 2.24) is 24.8 Å². The number of hydrogen-bond donors (Lipinski definition) is 2. The second-order valence-corrected chi connectivity index (χ2v) is 10.3. The van der Waals surface area contributed by atoms with Crippen molar-refractivity contribution in [3.8, 4) is 11.4 Å². The van der Waals surface area contributed by atoms with Crippen LogP contribution < -0.4 is 11.1 Å². The number of halogens is 2. The van der Waals surface area contributed by atoms with Crippen molar-refractivity contribution >= 4 is 39.0 Å². The molecule has 3 heterocycles. The Balaban J connectivity index is 0.000000169. The van der Waals surface area contributed by atoms with Crippen LogP contribution in [0.3, 0.4) is 0 Å². The summed E-state index contributed by atoms with van der Waals surface area (Å²) in [6.07, 6.45) is 0.342. The number of aryl methyl sites for hydroxylation is 1. The van der Waals surface area contributed by atoms with Crippen LogP contribution in [-0.2, 0) is 18.2 Å². The topological polar surface area (TPSA) is 108 Å². The van der Waals surface area contributed by atoms with Gasteiger partial charge in [0, 0.05) is 19.7 Å². The number of nitrogens with zero attached hydrogens (tertiary/aromatic N) is 4. The number of pyridine rings is 2. The van der Waals surface area contributed by atoms with E-state index in [1.54, 1.807) is 27.0 Å². The molecular weight excluding hydrogens is 527 g/mol. The van der Waals surface area contributed by atoms with Crippen LogP contribution in [0.1, 0.15) is 37.9 Å².